The lowest BCUT2D eigenvalue weighted by molar-refractivity contribution is -0.142. The van der Waals surface area contributed by atoms with Gasteiger partial charge in [0.15, 0.2) is 6.61 Å². The van der Waals surface area contributed by atoms with E-state index >= 15 is 0 Å². The number of methoxy groups -OCH3 is 1. The summed E-state index contributed by atoms with van der Waals surface area (Å²) in [6.07, 6.45) is 1.98. The van der Waals surface area contributed by atoms with Crippen molar-refractivity contribution in [3.05, 3.63) is 98.9 Å². The van der Waals surface area contributed by atoms with Crippen molar-refractivity contribution < 1.29 is 23.4 Å². The average molecular weight is 532 g/mol. The van der Waals surface area contributed by atoms with E-state index in [4.69, 9.17) is 9.47 Å². The van der Waals surface area contributed by atoms with E-state index in [9.17, 15) is 9.18 Å². The molecule has 3 aromatic rings. The molecule has 0 spiro atoms. The minimum absolute atomic E-state index is 0.142. The highest BCUT2D eigenvalue weighted by Gasteiger charge is 2.08. The second-order valence-electron chi connectivity index (χ2n) is 6.73. The van der Waals surface area contributed by atoms with E-state index in [-0.39, 0.29) is 12.4 Å². The number of ether oxygens (including phenoxy) is 3. The highest BCUT2D eigenvalue weighted by atomic mass is 127. The van der Waals surface area contributed by atoms with Crippen molar-refractivity contribution in [3.63, 3.8) is 0 Å². The van der Waals surface area contributed by atoms with E-state index in [0.29, 0.717) is 18.1 Å². The summed E-state index contributed by atoms with van der Waals surface area (Å²) in [6, 6.07) is 20.0. The molecule has 3 aromatic carbocycles. The van der Waals surface area contributed by atoms with E-state index < -0.39 is 5.97 Å². The van der Waals surface area contributed by atoms with E-state index in [0.717, 1.165) is 25.8 Å². The maximum atomic E-state index is 13.4. The molecule has 0 aromatic heterocycles. The van der Waals surface area contributed by atoms with Crippen LogP contribution in [0, 0.1) is 16.3 Å². The fourth-order valence-corrected chi connectivity index (χ4v) is 3.31. The van der Waals surface area contributed by atoms with E-state index in [1.54, 1.807) is 24.3 Å². The van der Waals surface area contributed by atoms with Gasteiger partial charge in [0.05, 0.1) is 7.11 Å². The number of hydrogen-bond donors (Lipinski definition) is 0. The largest absolute Gasteiger partial charge is 0.489 e. The van der Waals surface area contributed by atoms with Gasteiger partial charge < -0.3 is 14.2 Å². The minimum atomic E-state index is -0.436. The molecule has 3 rings (SSSR count). The van der Waals surface area contributed by atoms with Crippen LogP contribution in [0.1, 0.15) is 16.7 Å². The minimum Gasteiger partial charge on any atom is -0.489 e. The fraction of sp³-hybridized carbons (Fsp3) is 0.160. The quantitative estimate of drug-likeness (QED) is 0.272. The third-order valence-corrected chi connectivity index (χ3v) is 5.29. The van der Waals surface area contributed by atoms with Crippen LogP contribution in [-0.4, -0.2) is 26.3 Å². The Labute approximate surface area is 194 Å². The molecule has 0 N–H and O–H groups in total. The summed E-state index contributed by atoms with van der Waals surface area (Å²) < 4.78 is 30.5. The first-order chi connectivity index (χ1) is 15.0. The van der Waals surface area contributed by atoms with Crippen molar-refractivity contribution in [3.8, 4) is 11.5 Å². The zero-order chi connectivity index (χ0) is 22.2. The van der Waals surface area contributed by atoms with E-state index in [1.807, 2.05) is 43.3 Å². The van der Waals surface area contributed by atoms with Crippen LogP contribution in [0.3, 0.4) is 0 Å². The second-order valence-corrected chi connectivity index (χ2v) is 7.98. The summed E-state index contributed by atoms with van der Waals surface area (Å²) in [5, 5.41) is 0. The summed E-state index contributed by atoms with van der Waals surface area (Å²) in [7, 11) is 1.32. The van der Waals surface area contributed by atoms with Gasteiger partial charge in [-0.2, -0.15) is 0 Å². The van der Waals surface area contributed by atoms with Gasteiger partial charge in [-0.1, -0.05) is 24.3 Å². The van der Waals surface area contributed by atoms with Crippen LogP contribution >= 0.6 is 22.6 Å². The van der Waals surface area contributed by atoms with Crippen molar-refractivity contribution in [1.82, 2.24) is 0 Å². The Hall–Kier alpha value is -2.87. The smallest absolute Gasteiger partial charge is 0.343 e. The number of halogens is 2. The monoisotopic (exact) mass is 532 g/mol. The number of aryl methyl sites for hydroxylation is 1. The van der Waals surface area contributed by atoms with E-state index in [2.05, 4.69) is 27.3 Å². The molecule has 0 atom stereocenters. The predicted molar refractivity (Wildman–Crippen MR) is 127 cm³/mol. The molecule has 0 fully saturated rings. The van der Waals surface area contributed by atoms with Crippen LogP contribution in [0.15, 0.2) is 72.8 Å². The Bertz CT molecular complexity index is 1010. The number of rotatable bonds is 8. The maximum Gasteiger partial charge on any atom is 0.343 e. The molecule has 0 aliphatic rings. The molecule has 0 saturated carbocycles. The number of carbonyl (C=O) groups excluding carboxylic acids is 1. The highest BCUT2D eigenvalue weighted by Crippen LogP contribution is 2.26. The third kappa shape index (κ3) is 6.55. The molecular weight excluding hydrogens is 510 g/mol. The predicted octanol–water partition coefficient (Wildman–Crippen LogP) is 5.80. The highest BCUT2D eigenvalue weighted by molar-refractivity contribution is 14.1. The zero-order valence-corrected chi connectivity index (χ0v) is 19.4. The van der Waals surface area contributed by atoms with Crippen LogP contribution in [0.4, 0.5) is 4.39 Å². The summed E-state index contributed by atoms with van der Waals surface area (Å²) in [5.41, 5.74) is 3.75. The lowest BCUT2D eigenvalue weighted by Crippen LogP contribution is -2.13. The third-order valence-electron chi connectivity index (χ3n) is 4.57. The normalized spacial score (nSPS) is 11.2. The Morgan fingerprint density at radius 1 is 0.968 bits per heavy atom. The molecule has 0 unspecified atom stereocenters. The van der Waals surface area contributed by atoms with Gasteiger partial charge in [0.25, 0.3) is 0 Å². The van der Waals surface area contributed by atoms with Crippen molar-refractivity contribution in [1.29, 1.82) is 0 Å². The summed E-state index contributed by atoms with van der Waals surface area (Å²) >= 11 is 2.26. The van der Waals surface area contributed by atoms with Gasteiger partial charge in [-0.3, -0.25) is 0 Å². The van der Waals surface area contributed by atoms with Crippen LogP contribution < -0.4 is 9.47 Å². The lowest BCUT2D eigenvalue weighted by Gasteiger charge is -2.12. The zero-order valence-electron chi connectivity index (χ0n) is 17.2. The molecule has 0 aliphatic carbocycles. The van der Waals surface area contributed by atoms with Crippen molar-refractivity contribution in [2.24, 2.45) is 0 Å². The molecule has 0 aliphatic heterocycles. The average Bonchev–Trinajstić information content (AvgIpc) is 2.77. The Morgan fingerprint density at radius 3 is 2.23 bits per heavy atom. The van der Waals surface area contributed by atoms with Crippen LogP contribution in [0.5, 0.6) is 11.5 Å². The van der Waals surface area contributed by atoms with Gasteiger partial charge in [0, 0.05) is 3.57 Å². The van der Waals surface area contributed by atoms with Gasteiger partial charge in [-0.15, -0.1) is 0 Å². The Balaban J connectivity index is 1.75. The van der Waals surface area contributed by atoms with Gasteiger partial charge in [0.2, 0.25) is 0 Å². The molecule has 0 radical (unpaired) electrons. The first kappa shape index (κ1) is 22.8. The molecule has 0 amide bonds. The molecule has 160 valence electrons. The Kier molecular flexibility index (Phi) is 8.06. The summed E-state index contributed by atoms with van der Waals surface area (Å²) in [5.74, 6) is 0.570. The molecule has 0 bridgehead atoms. The Morgan fingerprint density at radius 2 is 1.61 bits per heavy atom. The van der Waals surface area contributed by atoms with Crippen molar-refractivity contribution in [2.45, 2.75) is 6.92 Å². The standard InChI is InChI=1S/C25H22FIO4/c1-17-15-22(11-12-24(17)31-16-25(28)29-2)30-14-13-23(18-3-7-20(26)8-4-18)19-5-9-21(27)10-6-19/h3-13,15H,14,16H2,1-2H3. The summed E-state index contributed by atoms with van der Waals surface area (Å²) in [6.45, 7) is 2.07. The molecule has 31 heavy (non-hydrogen) atoms. The molecule has 4 nitrogen and oxygen atoms in total. The fourth-order valence-electron chi connectivity index (χ4n) is 2.95. The van der Waals surface area contributed by atoms with Crippen molar-refractivity contribution in [2.75, 3.05) is 20.3 Å². The molecule has 0 heterocycles. The second kappa shape index (κ2) is 10.9. The van der Waals surface area contributed by atoms with Crippen LogP contribution in [0.2, 0.25) is 0 Å². The van der Waals surface area contributed by atoms with Gasteiger partial charge in [-0.25, -0.2) is 9.18 Å². The molecular formula is C25H22FIO4. The SMILES string of the molecule is COC(=O)COc1ccc(OCC=C(c2ccc(F)cc2)c2ccc(I)cc2)cc1C. The van der Waals surface area contributed by atoms with Gasteiger partial charge in [-0.05, 0) is 100 Å². The molecule has 6 heteroatoms. The summed E-state index contributed by atoms with van der Waals surface area (Å²) in [4.78, 5) is 11.2. The first-order valence-corrected chi connectivity index (χ1v) is 10.7. The lowest BCUT2D eigenvalue weighted by atomic mass is 9.98. The van der Waals surface area contributed by atoms with Crippen molar-refractivity contribution >= 4 is 34.1 Å². The topological polar surface area (TPSA) is 44.8 Å². The number of esters is 1. The van der Waals surface area contributed by atoms with Gasteiger partial charge in [0.1, 0.15) is 23.9 Å². The van der Waals surface area contributed by atoms with Crippen LogP contribution in [0.25, 0.3) is 5.57 Å². The first-order valence-electron chi connectivity index (χ1n) is 9.61. The molecule has 0 saturated heterocycles. The van der Waals surface area contributed by atoms with Gasteiger partial charge >= 0.3 is 5.97 Å². The number of benzene rings is 3. The maximum absolute atomic E-state index is 13.4. The van der Waals surface area contributed by atoms with E-state index in [1.165, 1.54) is 19.2 Å². The van der Waals surface area contributed by atoms with Crippen LogP contribution in [-0.2, 0) is 9.53 Å². The number of carbonyl (C=O) groups is 1. The number of hydrogen-bond acceptors (Lipinski definition) is 4.